The van der Waals surface area contributed by atoms with E-state index in [1.54, 1.807) is 28.7 Å². The lowest BCUT2D eigenvalue weighted by Crippen LogP contribution is -2.30. The molecule has 0 bridgehead atoms. The van der Waals surface area contributed by atoms with Crippen LogP contribution in [0.2, 0.25) is 0 Å². The predicted molar refractivity (Wildman–Crippen MR) is 136 cm³/mol. The van der Waals surface area contributed by atoms with Crippen molar-refractivity contribution < 1.29 is 9.21 Å². The summed E-state index contributed by atoms with van der Waals surface area (Å²) in [6.45, 7) is 5.27. The average molecular weight is 474 g/mol. The van der Waals surface area contributed by atoms with Gasteiger partial charge in [-0.05, 0) is 49.2 Å². The van der Waals surface area contributed by atoms with E-state index >= 15 is 0 Å². The molecule has 0 spiro atoms. The van der Waals surface area contributed by atoms with Gasteiger partial charge >= 0.3 is 0 Å². The van der Waals surface area contributed by atoms with Crippen molar-refractivity contribution in [2.75, 3.05) is 18.4 Å². The van der Waals surface area contributed by atoms with Crippen LogP contribution >= 0.6 is 22.7 Å². The van der Waals surface area contributed by atoms with Gasteiger partial charge in [-0.3, -0.25) is 9.69 Å². The first-order chi connectivity index (χ1) is 16.2. The van der Waals surface area contributed by atoms with Crippen LogP contribution in [0.25, 0.3) is 31.8 Å². The first-order valence-electron chi connectivity index (χ1n) is 11.2. The van der Waals surface area contributed by atoms with Crippen LogP contribution in [0.4, 0.5) is 5.00 Å². The van der Waals surface area contributed by atoms with Crippen LogP contribution in [-0.4, -0.2) is 28.9 Å². The third-order valence-electron chi connectivity index (χ3n) is 6.06. The summed E-state index contributed by atoms with van der Waals surface area (Å²) in [5.74, 6) is 0.100. The number of benzene rings is 2. The quantitative estimate of drug-likeness (QED) is 0.305. The molecule has 0 aliphatic carbocycles. The molecule has 1 aliphatic heterocycles. The van der Waals surface area contributed by atoms with Gasteiger partial charge in [0.1, 0.15) is 15.6 Å². The van der Waals surface area contributed by atoms with E-state index in [0.29, 0.717) is 5.76 Å². The molecule has 0 radical (unpaired) electrons. The van der Waals surface area contributed by atoms with Gasteiger partial charge in [-0.15, -0.1) is 22.7 Å². The SMILES string of the molecule is CCCN1CCc2c(sc(NC(=O)c3cc4ccccc4o3)c2-c2nc3ccccc3s2)C1. The number of aromatic nitrogens is 1. The number of thiazole rings is 1. The third-order valence-corrected chi connectivity index (χ3v) is 8.25. The number of nitrogens with one attached hydrogen (secondary N) is 1. The van der Waals surface area contributed by atoms with Crippen LogP contribution in [0.3, 0.4) is 0 Å². The highest BCUT2D eigenvalue weighted by molar-refractivity contribution is 7.23. The molecule has 0 saturated carbocycles. The maximum absolute atomic E-state index is 13.2. The summed E-state index contributed by atoms with van der Waals surface area (Å²) < 4.78 is 6.98. The van der Waals surface area contributed by atoms with Crippen LogP contribution in [-0.2, 0) is 13.0 Å². The summed E-state index contributed by atoms with van der Waals surface area (Å²) in [6.07, 6.45) is 2.11. The molecule has 1 amide bonds. The highest BCUT2D eigenvalue weighted by Crippen LogP contribution is 2.45. The van der Waals surface area contributed by atoms with Gasteiger partial charge in [-0.2, -0.15) is 0 Å². The van der Waals surface area contributed by atoms with Gasteiger partial charge < -0.3 is 9.73 Å². The Balaban J connectivity index is 1.41. The molecule has 0 fully saturated rings. The summed E-state index contributed by atoms with van der Waals surface area (Å²) in [5, 5.41) is 5.93. The number of thiophene rings is 1. The van der Waals surface area contributed by atoms with Crippen molar-refractivity contribution in [3.63, 3.8) is 0 Å². The highest BCUT2D eigenvalue weighted by Gasteiger charge is 2.28. The van der Waals surface area contributed by atoms with E-state index in [0.717, 1.165) is 69.2 Å². The number of hydrogen-bond acceptors (Lipinski definition) is 6. The minimum atomic E-state index is -0.224. The minimum Gasteiger partial charge on any atom is -0.451 e. The average Bonchev–Trinajstić information content (AvgIpc) is 3.53. The van der Waals surface area contributed by atoms with E-state index in [1.807, 2.05) is 42.5 Å². The van der Waals surface area contributed by atoms with Gasteiger partial charge in [0, 0.05) is 28.9 Å². The van der Waals surface area contributed by atoms with Crippen molar-refractivity contribution in [2.45, 2.75) is 26.3 Å². The lowest BCUT2D eigenvalue weighted by Gasteiger charge is -2.26. The molecule has 5 aromatic rings. The van der Waals surface area contributed by atoms with Crippen molar-refractivity contribution in [1.29, 1.82) is 0 Å². The molecule has 1 aliphatic rings. The lowest BCUT2D eigenvalue weighted by molar-refractivity contribution is 0.0999. The number of hydrogen-bond donors (Lipinski definition) is 1. The monoisotopic (exact) mass is 473 g/mol. The number of fused-ring (bicyclic) bond motifs is 3. The Morgan fingerprint density at radius 3 is 2.85 bits per heavy atom. The Kier molecular flexibility index (Phi) is 5.25. The van der Waals surface area contributed by atoms with Gasteiger partial charge in [0.2, 0.25) is 0 Å². The summed E-state index contributed by atoms with van der Waals surface area (Å²) in [4.78, 5) is 21.9. The molecular weight excluding hydrogens is 450 g/mol. The Morgan fingerprint density at radius 1 is 1.15 bits per heavy atom. The van der Waals surface area contributed by atoms with Crippen LogP contribution in [0.15, 0.2) is 59.0 Å². The third kappa shape index (κ3) is 3.76. The summed E-state index contributed by atoms with van der Waals surface area (Å²) in [7, 11) is 0. The van der Waals surface area contributed by atoms with Crippen LogP contribution < -0.4 is 5.32 Å². The number of carbonyl (C=O) groups is 1. The molecule has 2 aromatic carbocycles. The fourth-order valence-electron chi connectivity index (χ4n) is 4.52. The molecule has 6 rings (SSSR count). The molecule has 3 aromatic heterocycles. The van der Waals surface area contributed by atoms with Crippen molar-refractivity contribution >= 4 is 54.8 Å². The molecule has 4 heterocycles. The largest absolute Gasteiger partial charge is 0.451 e. The zero-order valence-corrected chi connectivity index (χ0v) is 19.9. The van der Waals surface area contributed by atoms with Crippen molar-refractivity contribution in [1.82, 2.24) is 9.88 Å². The van der Waals surface area contributed by atoms with Gasteiger partial charge in [-0.25, -0.2) is 4.98 Å². The minimum absolute atomic E-state index is 0.224. The Morgan fingerprint density at radius 2 is 2.00 bits per heavy atom. The number of amides is 1. The van der Waals surface area contributed by atoms with Gasteiger partial charge in [0.25, 0.3) is 5.91 Å². The number of carbonyl (C=O) groups excluding carboxylic acids is 1. The summed E-state index contributed by atoms with van der Waals surface area (Å²) in [6, 6.07) is 17.7. The van der Waals surface area contributed by atoms with Gasteiger partial charge in [0.05, 0.1) is 10.2 Å². The van der Waals surface area contributed by atoms with Crippen molar-refractivity contribution in [3.8, 4) is 10.6 Å². The lowest BCUT2D eigenvalue weighted by atomic mass is 10.0. The summed E-state index contributed by atoms with van der Waals surface area (Å²) in [5.41, 5.74) is 4.12. The molecule has 7 heteroatoms. The topological polar surface area (TPSA) is 58.4 Å². The zero-order valence-electron chi connectivity index (χ0n) is 18.3. The second-order valence-corrected chi connectivity index (χ2v) is 10.5. The standard InChI is InChI=1S/C26H23N3O2S2/c1-2-12-29-13-11-17-22(15-29)33-26(23(17)25-27-18-8-4-6-10-21(18)32-25)28-24(30)20-14-16-7-3-5-9-19(16)31-20/h3-10,14H,2,11-13,15H2,1H3,(H,28,30). The van der Waals surface area contributed by atoms with E-state index in [9.17, 15) is 4.79 Å². The van der Waals surface area contributed by atoms with Crippen molar-refractivity contribution in [2.24, 2.45) is 0 Å². The van der Waals surface area contributed by atoms with Gasteiger partial charge in [-0.1, -0.05) is 37.3 Å². The van der Waals surface area contributed by atoms with Gasteiger partial charge in [0.15, 0.2) is 5.76 Å². The van der Waals surface area contributed by atoms with E-state index in [1.165, 1.54) is 10.4 Å². The van der Waals surface area contributed by atoms with Crippen LogP contribution in [0.5, 0.6) is 0 Å². The number of anilines is 1. The Labute approximate surface area is 199 Å². The molecular formula is C26H23N3O2S2. The fourth-order valence-corrected chi connectivity index (χ4v) is 6.91. The highest BCUT2D eigenvalue weighted by atomic mass is 32.1. The normalized spacial score (nSPS) is 14.1. The molecule has 166 valence electrons. The number of nitrogens with zero attached hydrogens (tertiary/aromatic N) is 2. The molecule has 33 heavy (non-hydrogen) atoms. The molecule has 0 unspecified atom stereocenters. The summed E-state index contributed by atoms with van der Waals surface area (Å²) >= 11 is 3.36. The molecule has 1 N–H and O–H groups in total. The molecule has 0 saturated heterocycles. The van der Waals surface area contributed by atoms with Crippen molar-refractivity contribution in [3.05, 3.63) is 70.8 Å². The van der Waals surface area contributed by atoms with Crippen LogP contribution in [0, 0.1) is 0 Å². The Bertz CT molecular complexity index is 1410. The fraction of sp³-hybridized carbons (Fsp3) is 0.231. The predicted octanol–water partition coefficient (Wildman–Crippen LogP) is 6.79. The van der Waals surface area contributed by atoms with Crippen LogP contribution in [0.1, 0.15) is 34.3 Å². The number of rotatable bonds is 5. The second-order valence-electron chi connectivity index (χ2n) is 8.32. The second kappa shape index (κ2) is 8.41. The number of furan rings is 1. The number of para-hydroxylation sites is 2. The Hall–Kier alpha value is -3.00. The molecule has 0 atom stereocenters. The first-order valence-corrected chi connectivity index (χ1v) is 12.9. The van der Waals surface area contributed by atoms with E-state index in [2.05, 4.69) is 23.2 Å². The maximum Gasteiger partial charge on any atom is 0.292 e. The zero-order chi connectivity index (χ0) is 22.4. The van der Waals surface area contributed by atoms with E-state index < -0.39 is 0 Å². The maximum atomic E-state index is 13.2. The van der Waals surface area contributed by atoms with E-state index in [4.69, 9.17) is 9.40 Å². The first kappa shape index (κ1) is 20.6. The van der Waals surface area contributed by atoms with E-state index in [-0.39, 0.29) is 5.91 Å². The molecule has 5 nitrogen and oxygen atoms in total. The smallest absolute Gasteiger partial charge is 0.292 e.